The number of hydrogen-bond donors (Lipinski definition) is 1. The van der Waals surface area contributed by atoms with E-state index in [0.717, 1.165) is 48.9 Å². The third-order valence-electron chi connectivity index (χ3n) is 5.44. The van der Waals surface area contributed by atoms with Crippen LogP contribution in [0.3, 0.4) is 0 Å². The molecule has 0 fully saturated rings. The minimum atomic E-state index is -0.0291. The van der Waals surface area contributed by atoms with Crippen molar-refractivity contribution in [3.8, 4) is 11.3 Å². The van der Waals surface area contributed by atoms with Gasteiger partial charge in [-0.3, -0.25) is 9.59 Å². The van der Waals surface area contributed by atoms with Crippen molar-refractivity contribution in [2.24, 2.45) is 5.73 Å². The number of Topliss-reactive ketones (excluding diaryl/α,β-unsaturated/α-hetero) is 1. The maximum absolute atomic E-state index is 13.2. The minimum Gasteiger partial charge on any atom is -0.330 e. The second-order valence-electron chi connectivity index (χ2n) is 7.14. The molecule has 0 saturated heterocycles. The number of nitrogens with two attached hydrogens (primary N) is 1. The number of unbranched alkanes of at least 4 members (excludes halogenated alkanes) is 3. The first-order chi connectivity index (χ1) is 12.7. The molecule has 0 spiro atoms. The molecule has 2 aromatic rings. The van der Waals surface area contributed by atoms with E-state index >= 15 is 0 Å². The zero-order valence-corrected chi connectivity index (χ0v) is 16.2. The number of nitrogens with zero attached hydrogens (tertiary/aromatic N) is 1. The first-order valence-electron chi connectivity index (χ1n) is 9.50. The van der Waals surface area contributed by atoms with Crippen LogP contribution in [0.4, 0.5) is 0 Å². The Morgan fingerprint density at radius 3 is 2.63 bits per heavy atom. The van der Waals surface area contributed by atoms with Gasteiger partial charge < -0.3 is 10.3 Å². The maximum atomic E-state index is 13.2. The Labute approximate surface area is 165 Å². The van der Waals surface area contributed by atoms with Gasteiger partial charge in [0.05, 0.1) is 11.3 Å². The maximum Gasteiger partial charge on any atom is 0.259 e. The molecule has 5 heteroatoms. The van der Waals surface area contributed by atoms with Gasteiger partial charge in [-0.05, 0) is 30.5 Å². The van der Waals surface area contributed by atoms with Gasteiger partial charge in [-0.1, -0.05) is 49.3 Å². The van der Waals surface area contributed by atoms with Crippen molar-refractivity contribution < 1.29 is 4.79 Å². The summed E-state index contributed by atoms with van der Waals surface area (Å²) in [5, 5.41) is 0. The molecule has 4 rings (SSSR count). The third-order valence-corrected chi connectivity index (χ3v) is 5.44. The van der Waals surface area contributed by atoms with Crippen LogP contribution in [-0.2, 0) is 13.0 Å². The standard InChI is InChI=1S/C22H24N2O2.ClH/c23-12-5-1-2-6-13-24-21-16-9-4-3-8-15(16)14-18(21)20-17(22(24)26)10-7-11-19(20)25;/h3-4,7-10H,1-2,5-6,11-14,23H2;1H. The van der Waals surface area contributed by atoms with Gasteiger partial charge in [0.1, 0.15) is 0 Å². The summed E-state index contributed by atoms with van der Waals surface area (Å²) in [5.74, 6) is 0.0683. The van der Waals surface area contributed by atoms with Gasteiger partial charge in [0.2, 0.25) is 0 Å². The lowest BCUT2D eigenvalue weighted by molar-refractivity contribution is 0.0993. The smallest absolute Gasteiger partial charge is 0.259 e. The Morgan fingerprint density at radius 1 is 1.04 bits per heavy atom. The molecule has 27 heavy (non-hydrogen) atoms. The first kappa shape index (κ1) is 19.6. The predicted octanol–water partition coefficient (Wildman–Crippen LogP) is 3.96. The van der Waals surface area contributed by atoms with Crippen LogP contribution in [0.25, 0.3) is 17.3 Å². The average Bonchev–Trinajstić information content (AvgIpc) is 3.03. The summed E-state index contributed by atoms with van der Waals surface area (Å²) in [4.78, 5) is 25.8. The summed E-state index contributed by atoms with van der Waals surface area (Å²) in [7, 11) is 0. The Balaban J connectivity index is 0.00000210. The predicted molar refractivity (Wildman–Crippen MR) is 112 cm³/mol. The van der Waals surface area contributed by atoms with Crippen molar-refractivity contribution in [3.63, 3.8) is 0 Å². The van der Waals surface area contributed by atoms with Crippen LogP contribution in [0.2, 0.25) is 0 Å². The van der Waals surface area contributed by atoms with Gasteiger partial charge in [0, 0.05) is 30.5 Å². The van der Waals surface area contributed by atoms with Gasteiger partial charge in [-0.2, -0.15) is 0 Å². The summed E-state index contributed by atoms with van der Waals surface area (Å²) in [5.41, 5.74) is 11.1. The van der Waals surface area contributed by atoms with Crippen molar-refractivity contribution in [2.45, 2.75) is 45.1 Å². The Hall–Kier alpha value is -2.17. The average molecular weight is 385 g/mol. The monoisotopic (exact) mass is 384 g/mol. The Bertz CT molecular complexity index is 960. The van der Waals surface area contributed by atoms with Crippen molar-refractivity contribution in [2.75, 3.05) is 6.54 Å². The van der Waals surface area contributed by atoms with E-state index in [1.165, 1.54) is 5.56 Å². The highest BCUT2D eigenvalue weighted by Crippen LogP contribution is 2.39. The first-order valence-corrected chi connectivity index (χ1v) is 9.50. The van der Waals surface area contributed by atoms with E-state index in [4.69, 9.17) is 5.73 Å². The van der Waals surface area contributed by atoms with Gasteiger partial charge in [0.15, 0.2) is 5.78 Å². The number of rotatable bonds is 6. The Morgan fingerprint density at radius 2 is 1.81 bits per heavy atom. The SMILES string of the molecule is Cl.NCCCCCCn1c2c(c3c(c1=O)C=CCC3=O)Cc1ccccc1-2. The number of benzene rings is 1. The second-order valence-corrected chi connectivity index (χ2v) is 7.14. The summed E-state index contributed by atoms with van der Waals surface area (Å²) in [6.45, 7) is 1.41. The molecule has 2 aliphatic carbocycles. The van der Waals surface area contributed by atoms with Crippen molar-refractivity contribution >= 4 is 24.3 Å². The fraction of sp³-hybridized carbons (Fsp3) is 0.364. The summed E-state index contributed by atoms with van der Waals surface area (Å²) in [6.07, 6.45) is 8.90. The lowest BCUT2D eigenvalue weighted by Gasteiger charge is -2.19. The fourth-order valence-electron chi connectivity index (χ4n) is 4.21. The van der Waals surface area contributed by atoms with Crippen LogP contribution >= 0.6 is 12.4 Å². The molecule has 1 aromatic heterocycles. The summed E-state index contributed by atoms with van der Waals surface area (Å²) in [6, 6.07) is 8.20. The van der Waals surface area contributed by atoms with Crippen LogP contribution in [-0.4, -0.2) is 16.9 Å². The molecule has 1 aromatic carbocycles. The lowest BCUT2D eigenvalue weighted by Crippen LogP contribution is -2.29. The summed E-state index contributed by atoms with van der Waals surface area (Å²) < 4.78 is 1.91. The zero-order chi connectivity index (χ0) is 18.1. The molecule has 4 nitrogen and oxygen atoms in total. The molecule has 0 unspecified atom stereocenters. The van der Waals surface area contributed by atoms with E-state index in [0.29, 0.717) is 30.6 Å². The minimum absolute atomic E-state index is 0. The summed E-state index contributed by atoms with van der Waals surface area (Å²) >= 11 is 0. The number of hydrogen-bond acceptors (Lipinski definition) is 3. The number of carbonyl (C=O) groups excluding carboxylic acids is 1. The van der Waals surface area contributed by atoms with Gasteiger partial charge >= 0.3 is 0 Å². The Kier molecular flexibility index (Phi) is 5.98. The molecule has 0 aliphatic heterocycles. The zero-order valence-electron chi connectivity index (χ0n) is 15.4. The number of ketones is 1. The number of allylic oxidation sites excluding steroid dienone is 1. The van der Waals surface area contributed by atoms with E-state index in [-0.39, 0.29) is 23.7 Å². The fourth-order valence-corrected chi connectivity index (χ4v) is 4.21. The van der Waals surface area contributed by atoms with Crippen molar-refractivity contribution in [3.05, 3.63) is 62.9 Å². The lowest BCUT2D eigenvalue weighted by atomic mass is 9.91. The number of fused-ring (bicyclic) bond motifs is 5. The highest BCUT2D eigenvalue weighted by atomic mass is 35.5. The molecular formula is C22H25ClN2O2. The third kappa shape index (κ3) is 3.40. The van der Waals surface area contributed by atoms with Crippen LogP contribution in [0.1, 0.15) is 59.2 Å². The molecule has 1 heterocycles. The van der Waals surface area contributed by atoms with E-state index in [1.54, 1.807) is 0 Å². The van der Waals surface area contributed by atoms with Crippen molar-refractivity contribution in [1.29, 1.82) is 0 Å². The number of aromatic nitrogens is 1. The topological polar surface area (TPSA) is 65.1 Å². The van der Waals surface area contributed by atoms with Crippen LogP contribution in [0, 0.1) is 0 Å². The van der Waals surface area contributed by atoms with Gasteiger partial charge in [-0.15, -0.1) is 12.4 Å². The second kappa shape index (κ2) is 8.24. The van der Waals surface area contributed by atoms with Gasteiger partial charge in [-0.25, -0.2) is 0 Å². The molecule has 0 radical (unpaired) electrons. The molecule has 0 atom stereocenters. The molecule has 0 amide bonds. The highest BCUT2D eigenvalue weighted by Gasteiger charge is 2.31. The highest BCUT2D eigenvalue weighted by molar-refractivity contribution is 6.05. The quantitative estimate of drug-likeness (QED) is 0.654. The molecule has 2 N–H and O–H groups in total. The number of pyridine rings is 1. The molecule has 142 valence electrons. The number of halogens is 1. The van der Waals surface area contributed by atoms with E-state index in [2.05, 4.69) is 12.1 Å². The normalized spacial score (nSPS) is 13.7. The molecular weight excluding hydrogens is 360 g/mol. The van der Waals surface area contributed by atoms with E-state index in [1.807, 2.05) is 28.9 Å². The molecule has 0 saturated carbocycles. The van der Waals surface area contributed by atoms with Crippen LogP contribution < -0.4 is 11.3 Å². The van der Waals surface area contributed by atoms with Crippen molar-refractivity contribution in [1.82, 2.24) is 4.57 Å². The molecule has 2 aliphatic rings. The number of carbonyl (C=O) groups is 1. The van der Waals surface area contributed by atoms with Crippen LogP contribution in [0.15, 0.2) is 35.1 Å². The van der Waals surface area contributed by atoms with Gasteiger partial charge in [0.25, 0.3) is 5.56 Å². The van der Waals surface area contributed by atoms with E-state index < -0.39 is 0 Å². The largest absolute Gasteiger partial charge is 0.330 e. The van der Waals surface area contributed by atoms with Crippen LogP contribution in [0.5, 0.6) is 0 Å². The molecule has 0 bridgehead atoms. The van der Waals surface area contributed by atoms with E-state index in [9.17, 15) is 9.59 Å².